The van der Waals surface area contributed by atoms with Crippen molar-refractivity contribution < 1.29 is 9.53 Å². The third-order valence-electron chi connectivity index (χ3n) is 4.29. The lowest BCUT2D eigenvalue weighted by atomic mass is 9.54. The van der Waals surface area contributed by atoms with Crippen LogP contribution in [0.5, 0.6) is 0 Å². The molecule has 0 radical (unpaired) electrons. The molecule has 1 aliphatic carbocycles. The molecule has 0 saturated heterocycles. The molecule has 0 spiro atoms. The minimum absolute atomic E-state index is 0.0243. The summed E-state index contributed by atoms with van der Waals surface area (Å²) in [6.45, 7) is 6.79. The highest BCUT2D eigenvalue weighted by atomic mass is 16.5. The number of hydrogen-bond donors (Lipinski definition) is 2. The van der Waals surface area contributed by atoms with E-state index in [-0.39, 0.29) is 24.0 Å². The van der Waals surface area contributed by atoms with Crippen molar-refractivity contribution in [2.24, 2.45) is 18.2 Å². The van der Waals surface area contributed by atoms with Crippen molar-refractivity contribution in [3.8, 4) is 0 Å². The Kier molecular flexibility index (Phi) is 3.84. The molecule has 20 heavy (non-hydrogen) atoms. The molecule has 7 nitrogen and oxygen atoms in total. The number of nitrogens with zero attached hydrogens (tertiary/aromatic N) is 3. The second kappa shape index (κ2) is 5.14. The van der Waals surface area contributed by atoms with Crippen LogP contribution in [-0.2, 0) is 23.1 Å². The first-order chi connectivity index (χ1) is 9.31. The van der Waals surface area contributed by atoms with Crippen molar-refractivity contribution >= 4 is 5.91 Å². The van der Waals surface area contributed by atoms with Gasteiger partial charge in [-0.05, 0) is 6.92 Å². The molecule has 1 amide bonds. The first-order valence-electron chi connectivity index (χ1n) is 6.84. The molecule has 0 bridgehead atoms. The van der Waals surface area contributed by atoms with Gasteiger partial charge in [0.2, 0.25) is 5.91 Å². The van der Waals surface area contributed by atoms with E-state index in [2.05, 4.69) is 15.4 Å². The fraction of sp³-hybridized carbons (Fsp3) is 0.769. The first kappa shape index (κ1) is 14.9. The lowest BCUT2D eigenvalue weighted by molar-refractivity contribution is -0.170. The second-order valence-electron chi connectivity index (χ2n) is 5.86. The number of nitrogens with one attached hydrogen (secondary N) is 1. The number of aromatic nitrogens is 3. The highest BCUT2D eigenvalue weighted by Gasteiger charge is 2.62. The van der Waals surface area contributed by atoms with E-state index < -0.39 is 5.54 Å². The van der Waals surface area contributed by atoms with Gasteiger partial charge >= 0.3 is 0 Å². The first-order valence-corrected chi connectivity index (χ1v) is 6.84. The molecule has 1 heterocycles. The zero-order valence-corrected chi connectivity index (χ0v) is 12.5. The van der Waals surface area contributed by atoms with Gasteiger partial charge in [0.25, 0.3) is 0 Å². The Bertz CT molecular complexity index is 499. The third-order valence-corrected chi connectivity index (χ3v) is 4.29. The van der Waals surface area contributed by atoms with Gasteiger partial charge in [-0.25, -0.2) is 4.98 Å². The van der Waals surface area contributed by atoms with Gasteiger partial charge in [-0.1, -0.05) is 13.8 Å². The molecule has 7 heteroatoms. The van der Waals surface area contributed by atoms with E-state index in [0.29, 0.717) is 18.9 Å². The van der Waals surface area contributed by atoms with Crippen molar-refractivity contribution in [3.63, 3.8) is 0 Å². The van der Waals surface area contributed by atoms with E-state index >= 15 is 0 Å². The molecule has 1 saturated carbocycles. The topological polar surface area (TPSA) is 95.1 Å². The minimum atomic E-state index is -0.901. The lowest BCUT2D eigenvalue weighted by Gasteiger charge is -2.57. The highest BCUT2D eigenvalue weighted by Crippen LogP contribution is 2.49. The van der Waals surface area contributed by atoms with Crippen LogP contribution in [0.1, 0.15) is 33.0 Å². The van der Waals surface area contributed by atoms with Crippen LogP contribution in [0, 0.1) is 5.41 Å². The Balaban J connectivity index is 1.95. The molecule has 1 aliphatic rings. The van der Waals surface area contributed by atoms with Crippen molar-refractivity contribution in [3.05, 3.63) is 12.2 Å². The molecule has 2 rings (SSSR count). The Hall–Kier alpha value is -1.47. The van der Waals surface area contributed by atoms with Crippen LogP contribution in [0.2, 0.25) is 0 Å². The average Bonchev–Trinajstić information content (AvgIpc) is 2.81. The summed E-state index contributed by atoms with van der Waals surface area (Å²) in [5.74, 6) is 0.397. The Morgan fingerprint density at radius 2 is 2.35 bits per heavy atom. The average molecular weight is 281 g/mol. The fourth-order valence-corrected chi connectivity index (χ4v) is 2.60. The number of carbonyl (C=O) groups is 1. The second-order valence-corrected chi connectivity index (χ2v) is 5.86. The van der Waals surface area contributed by atoms with Gasteiger partial charge in [-0.15, -0.1) is 0 Å². The van der Waals surface area contributed by atoms with Crippen LogP contribution in [-0.4, -0.2) is 38.9 Å². The standard InChI is InChI=1S/C13H23N5O2/c1-5-20-9-6-13(14,12(9,2)3)11(19)15-7-10-16-8-18(4)17-10/h8-9H,5-7,14H2,1-4H3,(H,15,19). The zero-order valence-electron chi connectivity index (χ0n) is 12.5. The molecule has 0 aromatic carbocycles. The van der Waals surface area contributed by atoms with Crippen LogP contribution in [0.15, 0.2) is 6.33 Å². The summed E-state index contributed by atoms with van der Waals surface area (Å²) >= 11 is 0. The normalized spacial score (nSPS) is 27.9. The van der Waals surface area contributed by atoms with Crippen LogP contribution >= 0.6 is 0 Å². The summed E-state index contributed by atoms with van der Waals surface area (Å²) in [6, 6.07) is 0. The number of ether oxygens (including phenoxy) is 1. The molecule has 2 unspecified atom stereocenters. The largest absolute Gasteiger partial charge is 0.378 e. The van der Waals surface area contributed by atoms with Crippen LogP contribution in [0.3, 0.4) is 0 Å². The smallest absolute Gasteiger partial charge is 0.241 e. The summed E-state index contributed by atoms with van der Waals surface area (Å²) < 4.78 is 7.21. The maximum Gasteiger partial charge on any atom is 0.241 e. The van der Waals surface area contributed by atoms with Crippen molar-refractivity contribution in [2.45, 2.75) is 45.4 Å². The maximum atomic E-state index is 12.3. The number of aryl methyl sites for hydroxylation is 1. The summed E-state index contributed by atoms with van der Waals surface area (Å²) in [7, 11) is 1.78. The molecule has 2 atom stereocenters. The number of amides is 1. The number of rotatable bonds is 5. The van der Waals surface area contributed by atoms with E-state index in [1.54, 1.807) is 18.1 Å². The Morgan fingerprint density at radius 3 is 2.85 bits per heavy atom. The van der Waals surface area contributed by atoms with Crippen molar-refractivity contribution in [2.75, 3.05) is 6.61 Å². The molecule has 1 aromatic heterocycles. The predicted molar refractivity (Wildman–Crippen MR) is 73.6 cm³/mol. The van der Waals surface area contributed by atoms with Gasteiger partial charge in [0.15, 0.2) is 5.82 Å². The number of carbonyl (C=O) groups excluding carboxylic acids is 1. The van der Waals surface area contributed by atoms with Gasteiger partial charge in [-0.3, -0.25) is 9.48 Å². The molecule has 0 aliphatic heterocycles. The molecular weight excluding hydrogens is 258 g/mol. The molecule has 1 fully saturated rings. The van der Waals surface area contributed by atoms with Gasteiger partial charge in [0.1, 0.15) is 11.9 Å². The van der Waals surface area contributed by atoms with Gasteiger partial charge < -0.3 is 15.8 Å². The maximum absolute atomic E-state index is 12.3. The summed E-state index contributed by atoms with van der Waals surface area (Å²) in [5.41, 5.74) is 4.99. The Labute approximate surface area is 118 Å². The predicted octanol–water partition coefficient (Wildman–Crippen LogP) is -0.0362. The quantitative estimate of drug-likeness (QED) is 0.790. The molecule has 112 valence electrons. The highest BCUT2D eigenvalue weighted by molar-refractivity contribution is 5.88. The molecule has 3 N–H and O–H groups in total. The summed E-state index contributed by atoms with van der Waals surface area (Å²) in [5, 5.41) is 6.93. The van der Waals surface area contributed by atoms with Gasteiger partial charge in [0, 0.05) is 25.5 Å². The fourth-order valence-electron chi connectivity index (χ4n) is 2.60. The van der Waals surface area contributed by atoms with Crippen LogP contribution < -0.4 is 11.1 Å². The third kappa shape index (κ3) is 2.31. The number of nitrogens with two attached hydrogens (primary N) is 1. The van der Waals surface area contributed by atoms with Gasteiger partial charge in [0.05, 0.1) is 12.6 Å². The SMILES string of the molecule is CCOC1CC(N)(C(=O)NCc2ncn(C)n2)C1(C)C. The zero-order chi connectivity index (χ0) is 15.0. The summed E-state index contributed by atoms with van der Waals surface area (Å²) in [4.78, 5) is 16.4. The monoisotopic (exact) mass is 281 g/mol. The van der Waals surface area contributed by atoms with E-state index in [0.717, 1.165) is 0 Å². The van der Waals surface area contributed by atoms with Crippen LogP contribution in [0.4, 0.5) is 0 Å². The van der Waals surface area contributed by atoms with Crippen molar-refractivity contribution in [1.82, 2.24) is 20.1 Å². The number of hydrogen-bond acceptors (Lipinski definition) is 5. The van der Waals surface area contributed by atoms with E-state index in [1.165, 1.54) is 0 Å². The molecule has 1 aromatic rings. The van der Waals surface area contributed by atoms with Gasteiger partial charge in [-0.2, -0.15) is 5.10 Å². The Morgan fingerprint density at radius 1 is 1.65 bits per heavy atom. The van der Waals surface area contributed by atoms with Crippen molar-refractivity contribution in [1.29, 1.82) is 0 Å². The minimum Gasteiger partial charge on any atom is -0.378 e. The molecular formula is C13H23N5O2. The summed E-state index contributed by atoms with van der Waals surface area (Å²) in [6.07, 6.45) is 2.16. The lowest BCUT2D eigenvalue weighted by Crippen LogP contribution is -2.75. The van der Waals surface area contributed by atoms with E-state index in [4.69, 9.17) is 10.5 Å². The van der Waals surface area contributed by atoms with E-state index in [9.17, 15) is 4.79 Å². The van der Waals surface area contributed by atoms with Crippen LogP contribution in [0.25, 0.3) is 0 Å². The van der Waals surface area contributed by atoms with E-state index in [1.807, 2.05) is 20.8 Å².